The fourth-order valence-electron chi connectivity index (χ4n) is 7.79. The van der Waals surface area contributed by atoms with E-state index in [0.717, 1.165) is 56.0 Å². The molecule has 20 nitrogen and oxygen atoms in total. The maximum absolute atomic E-state index is 12.6. The number of hydrogen-bond donors (Lipinski definition) is 0. The molecule has 0 atom stereocenters. The first kappa shape index (κ1) is 51.7. The fraction of sp³-hybridized carbons (Fsp3) is 0. The van der Waals surface area contributed by atoms with Crippen LogP contribution in [-0.2, 0) is 39.0 Å². The van der Waals surface area contributed by atoms with Crippen LogP contribution in [0, 0.1) is 0 Å². The largest absolute Gasteiger partial charge is 1.00 e. The molecular weight excluding hydrogens is 941 g/mol. The Bertz CT molecular complexity index is 3920. The zero-order valence-electron chi connectivity index (χ0n) is 35.8. The van der Waals surface area contributed by atoms with Crippen LogP contribution in [0.4, 0.5) is 11.4 Å². The minimum Gasteiger partial charge on any atom is -0.744 e. The molecule has 4 aromatic heterocycles. The smallest absolute Gasteiger partial charge is 0.744 e. The van der Waals surface area contributed by atoms with Crippen molar-refractivity contribution in [3.05, 3.63) is 132 Å². The molecule has 0 unspecified atom stereocenters. The van der Waals surface area contributed by atoms with E-state index in [9.17, 15) is 36.5 Å². The van der Waals surface area contributed by atoms with Gasteiger partial charge in [0, 0.05) is 25.9 Å². The first-order valence-electron chi connectivity index (χ1n) is 18.5. The second kappa shape index (κ2) is 19.9. The van der Waals surface area contributed by atoms with E-state index in [2.05, 4.69) is 29.0 Å². The van der Waals surface area contributed by atoms with Crippen molar-refractivity contribution in [2.24, 2.45) is 10.2 Å². The van der Waals surface area contributed by atoms with E-state index < -0.39 is 25.1 Å². The number of aromatic nitrogens is 6. The summed E-state index contributed by atoms with van der Waals surface area (Å²) in [6.45, 7) is 0. The molecule has 0 radical (unpaired) electrons. The average Bonchev–Trinajstić information content (AvgIpc) is 4.15. The summed E-state index contributed by atoms with van der Waals surface area (Å²) in [5.41, 5.74) is 6.05. The Morgan fingerprint density at radius 3 is 1.79 bits per heavy atom. The molecule has 0 amide bonds. The second-order valence-corrected chi connectivity index (χ2v) is 18.4. The molecule has 0 spiro atoms. The Kier molecular flexibility index (Phi) is 15.2. The van der Waals surface area contributed by atoms with Gasteiger partial charge in [-0.1, -0.05) is 60.7 Å². The van der Waals surface area contributed by atoms with E-state index >= 15 is 0 Å². The first-order valence-corrected chi connectivity index (χ1v) is 22.8. The van der Waals surface area contributed by atoms with Crippen molar-refractivity contribution in [1.29, 1.82) is 0 Å². The van der Waals surface area contributed by atoms with E-state index in [1.54, 1.807) is 74.7 Å². The van der Waals surface area contributed by atoms with Crippen LogP contribution in [0.1, 0.15) is 11.1 Å². The van der Waals surface area contributed by atoms with Gasteiger partial charge in [-0.15, -0.1) is 18.5 Å². The molecule has 28 heteroatoms. The zero-order chi connectivity index (χ0) is 44.1. The first-order chi connectivity index (χ1) is 30.9. The SMILES string of the molecule is O=S(=O)([O-])c1ccc2c(ccc3c2n2n(-c4ccc(N=Nc5ccc(C=Cc6ccc(-n7n8c9cc(SOO[O-])c%10ccccc%10c9n78)cc6S(=O)(=O)[O-])c(SOO[O-])c5)cc4)n32)c1.[Li+].[Li+].[Li+].[Li+]. The van der Waals surface area contributed by atoms with Crippen LogP contribution in [0.3, 0.4) is 0 Å². The van der Waals surface area contributed by atoms with Gasteiger partial charge in [0.05, 0.1) is 56.6 Å². The Morgan fingerprint density at radius 2 is 1.10 bits per heavy atom. The van der Waals surface area contributed by atoms with Gasteiger partial charge in [0.2, 0.25) is 0 Å². The Morgan fingerprint density at radius 1 is 0.515 bits per heavy atom. The van der Waals surface area contributed by atoms with Crippen molar-refractivity contribution in [3.63, 3.8) is 0 Å². The summed E-state index contributed by atoms with van der Waals surface area (Å²) in [7, 11) is -9.56. The predicted octanol–water partition coefficient (Wildman–Crippen LogP) is -5.67. The van der Waals surface area contributed by atoms with Crippen LogP contribution in [0.2, 0.25) is 0 Å². The molecule has 0 aliphatic heterocycles. The van der Waals surface area contributed by atoms with Crippen molar-refractivity contribution >= 4 is 111 Å². The minimum atomic E-state index is -4.98. The molecule has 0 aliphatic carbocycles. The molecule has 7 aromatic carbocycles. The molecule has 4 heterocycles. The van der Waals surface area contributed by atoms with Gasteiger partial charge in [0.25, 0.3) is 0 Å². The molecule has 0 aliphatic rings. The van der Waals surface area contributed by atoms with Gasteiger partial charge in [0.15, 0.2) is 0 Å². The molecule has 68 heavy (non-hydrogen) atoms. The van der Waals surface area contributed by atoms with Crippen molar-refractivity contribution in [2.75, 3.05) is 0 Å². The normalized spacial score (nSPS) is 12.4. The third-order valence-corrected chi connectivity index (χ3v) is 13.7. The molecule has 0 saturated heterocycles. The molecule has 322 valence electrons. The standard InChI is InChI=1S/C40H26N8O12S4.4Li/c49-57-59-61-36-20-27(42-41-26-11-14-28(15-12-26)43-45-34-18-9-25-19-30(63(51,52)53)16-17-31(25)39(34)47(43)45)10-7-23(36)5-6-24-8-13-29(21-38(24)64(54,55)56)44-46-35-22-37(62-60-58-50)32-3-1-2-4-33(32)40(35)48(44)46;;;;/h1-22,49-50H,(H,51,52,53)(H,54,55,56);;;;/q;4*+1/p-4. The number of nitrogens with zero attached hydrogens (tertiary/aromatic N) is 8. The van der Waals surface area contributed by atoms with Crippen molar-refractivity contribution < 1.29 is 131 Å². The Labute approximate surface area is 439 Å². The summed E-state index contributed by atoms with van der Waals surface area (Å²) in [6.07, 6.45) is 2.99. The molecule has 0 fully saturated rings. The van der Waals surface area contributed by atoms with Crippen LogP contribution in [-0.4, -0.2) is 54.1 Å². The van der Waals surface area contributed by atoms with Crippen LogP contribution in [0.5, 0.6) is 0 Å². The van der Waals surface area contributed by atoms with Gasteiger partial charge in [-0.2, -0.15) is 28.5 Å². The maximum atomic E-state index is 12.6. The number of fused-ring (bicyclic) bond motifs is 12. The summed E-state index contributed by atoms with van der Waals surface area (Å²) in [4.78, 5) is 3.81. The van der Waals surface area contributed by atoms with Gasteiger partial charge < -0.3 is 19.6 Å². The quantitative estimate of drug-likeness (QED) is 0.0188. The van der Waals surface area contributed by atoms with E-state index in [0.29, 0.717) is 49.8 Å². The molecule has 11 aromatic rings. The summed E-state index contributed by atoms with van der Waals surface area (Å²) in [5, 5.41) is 40.2. The Balaban J connectivity index is 0.00000171. The van der Waals surface area contributed by atoms with Crippen LogP contribution in [0.15, 0.2) is 151 Å². The summed E-state index contributed by atoms with van der Waals surface area (Å²) in [6, 6.07) is 33.7. The molecule has 11 rings (SSSR count). The van der Waals surface area contributed by atoms with Crippen LogP contribution >= 0.6 is 24.1 Å². The van der Waals surface area contributed by atoms with E-state index in [-0.39, 0.29) is 85.9 Å². The summed E-state index contributed by atoms with van der Waals surface area (Å²) in [5.74, 6) is 0. The topological polar surface area (TPSA) is 250 Å². The monoisotopic (exact) mass is 962 g/mol. The third-order valence-electron chi connectivity index (χ3n) is 10.6. The van der Waals surface area contributed by atoms with Gasteiger partial charge in [-0.05, 0) is 89.3 Å². The van der Waals surface area contributed by atoms with E-state index in [4.69, 9.17) is 0 Å². The fourth-order valence-corrected chi connectivity index (χ4v) is 10.0. The molecule has 0 saturated carbocycles. The van der Waals surface area contributed by atoms with Crippen molar-refractivity contribution in [2.45, 2.75) is 19.6 Å². The van der Waals surface area contributed by atoms with Gasteiger partial charge in [-0.25, -0.2) is 16.8 Å². The van der Waals surface area contributed by atoms with E-state index in [1.807, 2.05) is 56.5 Å². The average molecular weight is 963 g/mol. The number of hydrogen-bond acceptors (Lipinski definition) is 16. The van der Waals surface area contributed by atoms with Gasteiger partial charge >= 0.3 is 75.4 Å². The summed E-state index contributed by atoms with van der Waals surface area (Å²) < 4.78 is 89.0. The van der Waals surface area contributed by atoms with Crippen molar-refractivity contribution in [1.82, 2.24) is 28.1 Å². The zero-order valence-corrected chi connectivity index (χ0v) is 39.1. The number of benzene rings is 7. The van der Waals surface area contributed by atoms with Gasteiger partial charge in [0.1, 0.15) is 42.3 Å². The molecular formula is C40H22Li4N8O12S4. The van der Waals surface area contributed by atoms with Gasteiger partial charge in [-0.3, -0.25) is 10.1 Å². The van der Waals surface area contributed by atoms with Crippen LogP contribution in [0.25, 0.3) is 67.1 Å². The third kappa shape index (κ3) is 9.08. The predicted molar refractivity (Wildman–Crippen MR) is 224 cm³/mol. The number of rotatable bonds is 14. The minimum absolute atomic E-state index is 0. The molecule has 0 bridgehead atoms. The summed E-state index contributed by atoms with van der Waals surface area (Å²) >= 11 is 1.35. The van der Waals surface area contributed by atoms with Crippen molar-refractivity contribution in [3.8, 4) is 11.4 Å². The number of azo groups is 1. The van der Waals surface area contributed by atoms with E-state index in [1.165, 1.54) is 30.3 Å². The second-order valence-electron chi connectivity index (χ2n) is 14.2. The Hall–Kier alpha value is -4.13. The maximum Gasteiger partial charge on any atom is 1.00 e. The van der Waals surface area contributed by atoms with Crippen LogP contribution < -0.4 is 86.0 Å². The molecule has 0 N–H and O–H groups in total.